The zero-order valence-electron chi connectivity index (χ0n) is 20.8. The van der Waals surface area contributed by atoms with E-state index >= 15 is 0 Å². The van der Waals surface area contributed by atoms with Crippen LogP contribution in [0.2, 0.25) is 0 Å². The Kier molecular flexibility index (Phi) is 10.5. The van der Waals surface area contributed by atoms with Crippen molar-refractivity contribution < 1.29 is 24.3 Å². The number of aromatic nitrogens is 2. The molecule has 1 fully saturated rings. The summed E-state index contributed by atoms with van der Waals surface area (Å²) in [7, 11) is 0. The maximum Gasteiger partial charge on any atom is 0.326 e. The monoisotopic (exact) mass is 530 g/mol. The number of aromatic amines is 1. The van der Waals surface area contributed by atoms with Gasteiger partial charge in [0.25, 0.3) is 0 Å². The molecule has 200 valence electrons. The van der Waals surface area contributed by atoms with Gasteiger partial charge >= 0.3 is 5.97 Å². The second-order valence-corrected chi connectivity index (χ2v) is 9.99. The zero-order valence-corrected chi connectivity index (χ0v) is 21.6. The average molecular weight is 531 g/mol. The molecule has 1 aromatic carbocycles. The highest BCUT2D eigenvalue weighted by Crippen LogP contribution is 2.20. The topological polar surface area (TPSA) is 171 Å². The van der Waals surface area contributed by atoms with E-state index in [1.165, 1.54) is 29.2 Å². The Morgan fingerprint density at radius 2 is 1.95 bits per heavy atom. The number of hydrogen-bond donors (Lipinski definition) is 5. The number of carboxylic acids is 1. The van der Waals surface area contributed by atoms with Crippen LogP contribution in [0.5, 0.6) is 0 Å². The first kappa shape index (κ1) is 28.2. The van der Waals surface area contributed by atoms with Crippen molar-refractivity contribution in [2.45, 2.75) is 56.3 Å². The number of nitrogens with zero attached hydrogens (tertiary/aromatic N) is 2. The van der Waals surface area contributed by atoms with Gasteiger partial charge in [0, 0.05) is 24.9 Å². The van der Waals surface area contributed by atoms with Crippen LogP contribution in [-0.4, -0.2) is 86.4 Å². The van der Waals surface area contributed by atoms with E-state index in [-0.39, 0.29) is 18.7 Å². The molecule has 3 rings (SSSR count). The van der Waals surface area contributed by atoms with E-state index in [2.05, 4.69) is 20.6 Å². The number of nitrogens with two attached hydrogens (primary N) is 1. The van der Waals surface area contributed by atoms with Crippen LogP contribution in [0.1, 0.15) is 30.5 Å². The average Bonchev–Trinajstić information content (AvgIpc) is 3.58. The lowest BCUT2D eigenvalue weighted by Crippen LogP contribution is -2.57. The second kappa shape index (κ2) is 13.8. The molecular formula is C25H34N6O5S. The van der Waals surface area contributed by atoms with Crippen LogP contribution < -0.4 is 16.4 Å². The lowest BCUT2D eigenvalue weighted by atomic mass is 10.0. The van der Waals surface area contributed by atoms with Gasteiger partial charge in [-0.25, -0.2) is 9.78 Å². The van der Waals surface area contributed by atoms with Crippen molar-refractivity contribution in [3.63, 3.8) is 0 Å². The third kappa shape index (κ3) is 8.05. The molecule has 2 heterocycles. The first-order valence-electron chi connectivity index (χ1n) is 12.2. The number of nitrogens with one attached hydrogen (secondary N) is 3. The van der Waals surface area contributed by atoms with E-state index in [0.717, 1.165) is 5.56 Å². The van der Waals surface area contributed by atoms with E-state index in [1.54, 1.807) is 0 Å². The number of aliphatic carboxylic acids is 1. The van der Waals surface area contributed by atoms with Gasteiger partial charge in [0.05, 0.1) is 12.4 Å². The number of carboxylic acid groups (broad SMARTS) is 1. The van der Waals surface area contributed by atoms with Gasteiger partial charge in [0.2, 0.25) is 17.7 Å². The Morgan fingerprint density at radius 1 is 1.19 bits per heavy atom. The van der Waals surface area contributed by atoms with Crippen LogP contribution in [0.25, 0.3) is 0 Å². The molecule has 0 aliphatic carbocycles. The van der Waals surface area contributed by atoms with E-state index in [0.29, 0.717) is 37.3 Å². The fourth-order valence-corrected chi connectivity index (χ4v) is 4.80. The normalized spacial score (nSPS) is 17.6. The zero-order chi connectivity index (χ0) is 26.8. The van der Waals surface area contributed by atoms with Gasteiger partial charge in [-0.3, -0.25) is 14.4 Å². The Balaban J connectivity index is 1.69. The molecule has 4 unspecified atom stereocenters. The number of carbonyl (C=O) groups excluding carboxylic acids is 3. The molecule has 1 aromatic heterocycles. The van der Waals surface area contributed by atoms with Crippen molar-refractivity contribution in [2.75, 3.05) is 18.6 Å². The molecule has 0 bridgehead atoms. The number of imidazole rings is 1. The Morgan fingerprint density at radius 3 is 2.59 bits per heavy atom. The minimum Gasteiger partial charge on any atom is -0.480 e. The molecule has 1 saturated heterocycles. The second-order valence-electron chi connectivity index (χ2n) is 9.01. The minimum absolute atomic E-state index is 0.0840. The molecule has 11 nitrogen and oxygen atoms in total. The quantitative estimate of drug-likeness (QED) is 0.246. The molecular weight excluding hydrogens is 496 g/mol. The van der Waals surface area contributed by atoms with Crippen molar-refractivity contribution in [3.05, 3.63) is 54.1 Å². The summed E-state index contributed by atoms with van der Waals surface area (Å²) in [5.74, 6) is -2.01. The van der Waals surface area contributed by atoms with E-state index < -0.39 is 42.0 Å². The number of H-pyrrole nitrogens is 1. The molecule has 37 heavy (non-hydrogen) atoms. The molecule has 3 amide bonds. The van der Waals surface area contributed by atoms with Crippen molar-refractivity contribution in [3.8, 4) is 0 Å². The van der Waals surface area contributed by atoms with Crippen LogP contribution in [0.15, 0.2) is 42.9 Å². The molecule has 12 heteroatoms. The summed E-state index contributed by atoms with van der Waals surface area (Å²) < 4.78 is 0. The molecule has 6 N–H and O–H groups in total. The minimum atomic E-state index is -1.14. The van der Waals surface area contributed by atoms with Crippen molar-refractivity contribution in [2.24, 2.45) is 5.73 Å². The largest absolute Gasteiger partial charge is 0.480 e. The first-order chi connectivity index (χ1) is 17.8. The van der Waals surface area contributed by atoms with Gasteiger partial charge in [-0.1, -0.05) is 30.3 Å². The van der Waals surface area contributed by atoms with Crippen molar-refractivity contribution in [1.82, 2.24) is 25.5 Å². The third-order valence-corrected chi connectivity index (χ3v) is 6.94. The van der Waals surface area contributed by atoms with E-state index in [9.17, 15) is 24.3 Å². The van der Waals surface area contributed by atoms with Crippen LogP contribution in [-0.2, 0) is 32.0 Å². The number of hydrogen-bond acceptors (Lipinski definition) is 7. The maximum absolute atomic E-state index is 13.3. The highest BCUT2D eigenvalue weighted by molar-refractivity contribution is 7.98. The standard InChI is InChI=1S/C25H34N6O5S/c1-37-11-9-19(25(35)36)29-22(32)20(13-17-14-27-15-28-17)30-23(33)21-8-5-10-31(21)24(34)18(26)12-16-6-3-2-4-7-16/h2-4,6-7,14-15,18-21H,5,8-13,26H2,1H3,(H,27,28)(H,29,32)(H,30,33)(H,35,36). The van der Waals surface area contributed by atoms with Gasteiger partial charge in [-0.2, -0.15) is 11.8 Å². The fourth-order valence-electron chi connectivity index (χ4n) is 4.33. The molecule has 0 spiro atoms. The predicted molar refractivity (Wildman–Crippen MR) is 140 cm³/mol. The number of likely N-dealkylation sites (tertiary alicyclic amines) is 1. The molecule has 1 aliphatic heterocycles. The predicted octanol–water partition coefficient (Wildman–Crippen LogP) is 0.321. The Bertz CT molecular complexity index is 1050. The molecule has 4 atom stereocenters. The van der Waals surface area contributed by atoms with Gasteiger partial charge in [-0.15, -0.1) is 0 Å². The van der Waals surface area contributed by atoms with Crippen LogP contribution in [0.3, 0.4) is 0 Å². The smallest absolute Gasteiger partial charge is 0.326 e. The van der Waals surface area contributed by atoms with Crippen molar-refractivity contribution >= 4 is 35.5 Å². The summed E-state index contributed by atoms with van der Waals surface area (Å²) in [6, 6.07) is 5.72. The summed E-state index contributed by atoms with van der Waals surface area (Å²) in [6.07, 6.45) is 6.59. The number of amides is 3. The lowest BCUT2D eigenvalue weighted by molar-refractivity contribution is -0.143. The van der Waals surface area contributed by atoms with Crippen molar-refractivity contribution in [1.29, 1.82) is 0 Å². The lowest BCUT2D eigenvalue weighted by Gasteiger charge is -2.28. The fraction of sp³-hybridized carbons (Fsp3) is 0.480. The number of thioether (sulfide) groups is 1. The Hall–Kier alpha value is -3.38. The maximum atomic E-state index is 13.3. The van der Waals surface area contributed by atoms with E-state index in [1.807, 2.05) is 36.6 Å². The number of rotatable bonds is 13. The molecule has 2 aromatic rings. The third-order valence-electron chi connectivity index (χ3n) is 6.29. The summed E-state index contributed by atoms with van der Waals surface area (Å²) in [4.78, 5) is 59.5. The molecule has 0 radical (unpaired) electrons. The number of benzene rings is 1. The van der Waals surface area contributed by atoms with Crippen LogP contribution in [0.4, 0.5) is 0 Å². The van der Waals surface area contributed by atoms with Gasteiger partial charge in [0.1, 0.15) is 18.1 Å². The molecule has 0 saturated carbocycles. The highest BCUT2D eigenvalue weighted by atomic mass is 32.2. The SMILES string of the molecule is CSCCC(NC(=O)C(Cc1cnc[nH]1)NC(=O)C1CCCN1C(=O)C(N)Cc1ccccc1)C(=O)O. The van der Waals surface area contributed by atoms with E-state index in [4.69, 9.17) is 5.73 Å². The van der Waals surface area contributed by atoms with Gasteiger partial charge in [-0.05, 0) is 43.3 Å². The summed E-state index contributed by atoms with van der Waals surface area (Å²) in [5.41, 5.74) is 7.72. The number of carbonyl (C=O) groups is 4. The summed E-state index contributed by atoms with van der Waals surface area (Å²) in [5, 5.41) is 14.8. The van der Waals surface area contributed by atoms with Gasteiger partial charge in [0.15, 0.2) is 0 Å². The highest BCUT2D eigenvalue weighted by Gasteiger charge is 2.38. The molecule has 1 aliphatic rings. The summed E-state index contributed by atoms with van der Waals surface area (Å²) >= 11 is 1.47. The first-order valence-corrected chi connectivity index (χ1v) is 13.6. The Labute approximate surface area is 220 Å². The van der Waals surface area contributed by atoms with Crippen LogP contribution >= 0.6 is 11.8 Å². The summed E-state index contributed by atoms with van der Waals surface area (Å²) in [6.45, 7) is 0.395. The van der Waals surface area contributed by atoms with Crippen LogP contribution in [0, 0.1) is 0 Å². The van der Waals surface area contributed by atoms with Gasteiger partial charge < -0.3 is 31.4 Å².